The maximum atomic E-state index is 12.6. The molecule has 3 rings (SSSR count). The molecule has 2 heterocycles. The molecule has 0 spiro atoms. The molecule has 3 N–H and O–H groups in total. The number of halogens is 1. The van der Waals surface area contributed by atoms with E-state index < -0.39 is 0 Å². The Kier molecular flexibility index (Phi) is 5.81. The van der Waals surface area contributed by atoms with Crippen LogP contribution in [0.5, 0.6) is 0 Å². The van der Waals surface area contributed by atoms with E-state index in [1.807, 2.05) is 23.1 Å². The molecule has 2 amide bonds. The van der Waals surface area contributed by atoms with Crippen LogP contribution in [0.15, 0.2) is 24.3 Å². The number of anilines is 1. The maximum Gasteiger partial charge on any atom is 0.277 e. The molecule has 2 saturated heterocycles. The monoisotopic (exact) mass is 365 g/mol. The van der Waals surface area contributed by atoms with Gasteiger partial charge in [0.1, 0.15) is 0 Å². The zero-order valence-electron chi connectivity index (χ0n) is 14.4. The van der Waals surface area contributed by atoms with E-state index in [2.05, 4.69) is 11.0 Å². The van der Waals surface area contributed by atoms with Crippen molar-refractivity contribution in [2.75, 3.05) is 50.7 Å². The summed E-state index contributed by atoms with van der Waals surface area (Å²) < 4.78 is 0. The summed E-state index contributed by atoms with van der Waals surface area (Å²) in [7, 11) is 0. The maximum absolute atomic E-state index is 12.6. The van der Waals surface area contributed by atoms with Gasteiger partial charge in [-0.15, -0.1) is 0 Å². The molecule has 2 aliphatic rings. The summed E-state index contributed by atoms with van der Waals surface area (Å²) in [5.41, 5.74) is 6.54. The van der Waals surface area contributed by atoms with Crippen molar-refractivity contribution in [2.24, 2.45) is 11.7 Å². The van der Waals surface area contributed by atoms with Gasteiger partial charge in [0.2, 0.25) is 5.91 Å². The second-order valence-corrected chi connectivity index (χ2v) is 7.41. The van der Waals surface area contributed by atoms with Gasteiger partial charge < -0.3 is 20.4 Å². The average Bonchev–Trinajstić information content (AvgIpc) is 2.62. The van der Waals surface area contributed by atoms with Crippen LogP contribution in [0.2, 0.25) is 5.02 Å². The Bertz CT molecular complexity index is 631. The van der Waals surface area contributed by atoms with Crippen molar-refractivity contribution < 1.29 is 14.5 Å². The third-order valence-electron chi connectivity index (χ3n) is 5.22. The van der Waals surface area contributed by atoms with Gasteiger partial charge in [-0.2, -0.15) is 0 Å². The number of nitrogens with one attached hydrogen (secondary N) is 1. The van der Waals surface area contributed by atoms with Crippen molar-refractivity contribution in [3.63, 3.8) is 0 Å². The summed E-state index contributed by atoms with van der Waals surface area (Å²) in [5.74, 6) is -0.343. The number of benzene rings is 1. The number of carbonyl (C=O) groups is 2. The van der Waals surface area contributed by atoms with Crippen LogP contribution in [0.1, 0.15) is 12.8 Å². The molecule has 7 heteroatoms. The van der Waals surface area contributed by atoms with Gasteiger partial charge in [0.15, 0.2) is 6.54 Å². The predicted molar refractivity (Wildman–Crippen MR) is 97.7 cm³/mol. The van der Waals surface area contributed by atoms with Crippen LogP contribution in [0.25, 0.3) is 0 Å². The number of likely N-dealkylation sites (tertiary alicyclic amines) is 1. The van der Waals surface area contributed by atoms with Crippen LogP contribution in [-0.2, 0) is 9.59 Å². The first-order valence-electron chi connectivity index (χ1n) is 8.94. The minimum atomic E-state index is -0.292. The lowest BCUT2D eigenvalue weighted by Crippen LogP contribution is -3.16. The SMILES string of the molecule is NC(=O)[C@@H]1CCCN(C(=O)C[NH+]2CCN(c3cccc(Cl)c3)CC2)C1. The van der Waals surface area contributed by atoms with E-state index in [0.717, 1.165) is 56.3 Å². The molecule has 0 saturated carbocycles. The summed E-state index contributed by atoms with van der Waals surface area (Å²) in [5, 5.41) is 0.747. The van der Waals surface area contributed by atoms with Gasteiger partial charge in [-0.05, 0) is 31.0 Å². The molecule has 6 nitrogen and oxygen atoms in total. The smallest absolute Gasteiger partial charge is 0.277 e. The Hall–Kier alpha value is -1.79. The fraction of sp³-hybridized carbons (Fsp3) is 0.556. The number of nitrogens with zero attached hydrogens (tertiary/aromatic N) is 2. The van der Waals surface area contributed by atoms with Crippen LogP contribution < -0.4 is 15.5 Å². The van der Waals surface area contributed by atoms with E-state index in [1.165, 1.54) is 4.90 Å². The van der Waals surface area contributed by atoms with E-state index in [1.54, 1.807) is 0 Å². The molecular formula is C18H26ClN4O2+. The Morgan fingerprint density at radius 3 is 2.68 bits per heavy atom. The topological polar surface area (TPSA) is 71.1 Å². The van der Waals surface area contributed by atoms with Crippen LogP contribution >= 0.6 is 11.6 Å². The molecule has 0 aliphatic carbocycles. The van der Waals surface area contributed by atoms with Gasteiger partial charge >= 0.3 is 0 Å². The molecular weight excluding hydrogens is 340 g/mol. The van der Waals surface area contributed by atoms with Crippen molar-refractivity contribution in [1.29, 1.82) is 0 Å². The van der Waals surface area contributed by atoms with Crippen LogP contribution in [-0.4, -0.2) is 62.5 Å². The first-order valence-corrected chi connectivity index (χ1v) is 9.32. The van der Waals surface area contributed by atoms with Gasteiger partial charge in [-0.25, -0.2) is 0 Å². The van der Waals surface area contributed by atoms with E-state index in [4.69, 9.17) is 17.3 Å². The standard InChI is InChI=1S/C18H25ClN4O2/c19-15-4-1-5-16(11-15)22-9-7-21(8-10-22)13-17(24)23-6-2-3-14(12-23)18(20)25/h1,4-5,11,14H,2-3,6-10,12-13H2,(H2,20,25)/p+1/t14-/m1/s1. The third kappa shape index (κ3) is 4.64. The van der Waals surface area contributed by atoms with Crippen molar-refractivity contribution in [2.45, 2.75) is 12.8 Å². The fourth-order valence-corrected chi connectivity index (χ4v) is 3.88. The summed E-state index contributed by atoms with van der Waals surface area (Å²) in [6, 6.07) is 7.89. The average molecular weight is 366 g/mol. The minimum Gasteiger partial charge on any atom is -0.369 e. The molecule has 2 aliphatic heterocycles. The van der Waals surface area contributed by atoms with Gasteiger partial charge in [-0.3, -0.25) is 9.59 Å². The number of piperidine rings is 1. The van der Waals surface area contributed by atoms with Gasteiger partial charge in [-0.1, -0.05) is 17.7 Å². The highest BCUT2D eigenvalue weighted by atomic mass is 35.5. The number of piperazine rings is 1. The van der Waals surface area contributed by atoms with Crippen LogP contribution in [0, 0.1) is 5.92 Å². The number of carbonyl (C=O) groups excluding carboxylic acids is 2. The van der Waals surface area contributed by atoms with Crippen molar-refractivity contribution in [3.05, 3.63) is 29.3 Å². The molecule has 1 aromatic rings. The molecule has 136 valence electrons. The Labute approximate surface area is 153 Å². The number of primary amides is 1. The van der Waals surface area contributed by atoms with Crippen molar-refractivity contribution >= 4 is 29.1 Å². The highest BCUT2D eigenvalue weighted by Gasteiger charge is 2.30. The first-order chi connectivity index (χ1) is 12.0. The normalized spacial score (nSPS) is 22.0. The van der Waals surface area contributed by atoms with E-state index in [-0.39, 0.29) is 17.7 Å². The molecule has 25 heavy (non-hydrogen) atoms. The van der Waals surface area contributed by atoms with E-state index >= 15 is 0 Å². The van der Waals surface area contributed by atoms with Gasteiger partial charge in [0, 0.05) is 23.8 Å². The molecule has 1 aromatic carbocycles. The molecule has 2 fully saturated rings. The Morgan fingerprint density at radius 2 is 2.00 bits per heavy atom. The lowest BCUT2D eigenvalue weighted by molar-refractivity contribution is -0.892. The number of quaternary nitrogens is 1. The second-order valence-electron chi connectivity index (χ2n) is 6.97. The number of hydrogen-bond acceptors (Lipinski definition) is 3. The third-order valence-corrected chi connectivity index (χ3v) is 5.46. The van der Waals surface area contributed by atoms with Gasteiger partial charge in [0.05, 0.1) is 32.1 Å². The minimum absolute atomic E-state index is 0.136. The van der Waals surface area contributed by atoms with E-state index in [0.29, 0.717) is 13.1 Å². The number of amides is 2. The predicted octanol–water partition coefficient (Wildman–Crippen LogP) is -0.231. The number of nitrogens with two attached hydrogens (primary N) is 1. The quantitative estimate of drug-likeness (QED) is 0.774. The Balaban J connectivity index is 1.48. The van der Waals surface area contributed by atoms with Crippen molar-refractivity contribution in [3.8, 4) is 0 Å². The number of rotatable bonds is 4. The highest BCUT2D eigenvalue weighted by molar-refractivity contribution is 6.30. The molecule has 0 aromatic heterocycles. The van der Waals surface area contributed by atoms with E-state index in [9.17, 15) is 9.59 Å². The summed E-state index contributed by atoms with van der Waals surface area (Å²) >= 11 is 6.07. The number of hydrogen-bond donors (Lipinski definition) is 2. The molecule has 0 radical (unpaired) electrons. The fourth-order valence-electron chi connectivity index (χ4n) is 3.69. The summed E-state index contributed by atoms with van der Waals surface area (Å²) in [6.45, 7) is 5.38. The largest absolute Gasteiger partial charge is 0.369 e. The first kappa shape index (κ1) is 18.0. The zero-order chi connectivity index (χ0) is 17.8. The second kappa shape index (κ2) is 8.06. The molecule has 0 bridgehead atoms. The summed E-state index contributed by atoms with van der Waals surface area (Å²) in [4.78, 5) is 29.3. The van der Waals surface area contributed by atoms with Crippen LogP contribution in [0.4, 0.5) is 5.69 Å². The van der Waals surface area contributed by atoms with Crippen molar-refractivity contribution in [1.82, 2.24) is 4.90 Å². The lowest BCUT2D eigenvalue weighted by Gasteiger charge is -2.35. The zero-order valence-corrected chi connectivity index (χ0v) is 15.2. The Morgan fingerprint density at radius 1 is 1.24 bits per heavy atom. The van der Waals surface area contributed by atoms with Gasteiger partial charge in [0.25, 0.3) is 5.91 Å². The lowest BCUT2D eigenvalue weighted by atomic mass is 9.97. The summed E-state index contributed by atoms with van der Waals surface area (Å²) in [6.07, 6.45) is 1.65. The highest BCUT2D eigenvalue weighted by Crippen LogP contribution is 2.19. The molecule has 1 atom stereocenters. The molecule has 0 unspecified atom stereocenters. The van der Waals surface area contributed by atoms with Crippen LogP contribution in [0.3, 0.4) is 0 Å².